The lowest BCUT2D eigenvalue weighted by Crippen LogP contribution is -2.43. The van der Waals surface area contributed by atoms with Gasteiger partial charge in [-0.15, -0.1) is 0 Å². The highest BCUT2D eigenvalue weighted by molar-refractivity contribution is 6.74. The molecule has 0 unspecified atom stereocenters. The highest BCUT2D eigenvalue weighted by Crippen LogP contribution is 2.37. The first-order valence-corrected chi connectivity index (χ1v) is 10.8. The van der Waals surface area contributed by atoms with Crippen LogP contribution in [0.5, 0.6) is 11.5 Å². The zero-order chi connectivity index (χ0) is 17.1. The third-order valence-corrected chi connectivity index (χ3v) is 8.70. The fourth-order valence-electron chi connectivity index (χ4n) is 1.92. The first-order chi connectivity index (χ1) is 10.7. The van der Waals surface area contributed by atoms with Crippen molar-refractivity contribution in [1.82, 2.24) is 0 Å². The first-order valence-electron chi connectivity index (χ1n) is 7.94. The van der Waals surface area contributed by atoms with E-state index in [1.54, 1.807) is 0 Å². The molecule has 2 aromatic rings. The molecule has 0 atom stereocenters. The molecule has 0 aliphatic heterocycles. The van der Waals surface area contributed by atoms with Gasteiger partial charge in [-0.05, 0) is 48.0 Å². The Morgan fingerprint density at radius 2 is 1.61 bits per heavy atom. The van der Waals surface area contributed by atoms with E-state index in [4.69, 9.17) is 14.9 Å². The van der Waals surface area contributed by atoms with Gasteiger partial charge in [0.25, 0.3) is 0 Å². The molecule has 0 aliphatic carbocycles. The van der Waals surface area contributed by atoms with Crippen molar-refractivity contribution in [3.63, 3.8) is 0 Å². The smallest absolute Gasteiger partial charge is 0.250 e. The normalized spacial score (nSPS) is 12.0. The molecular formula is C19H27NO2Si. The Morgan fingerprint density at radius 3 is 2.26 bits per heavy atom. The van der Waals surface area contributed by atoms with Crippen LogP contribution in [0.15, 0.2) is 48.5 Å². The van der Waals surface area contributed by atoms with Gasteiger partial charge in [-0.3, -0.25) is 0 Å². The highest BCUT2D eigenvalue weighted by Gasteiger charge is 2.38. The summed E-state index contributed by atoms with van der Waals surface area (Å²) in [6.45, 7) is 11.7. The van der Waals surface area contributed by atoms with Gasteiger partial charge in [0, 0.05) is 11.8 Å². The van der Waals surface area contributed by atoms with Gasteiger partial charge in [0.2, 0.25) is 8.32 Å². The molecule has 2 rings (SSSR count). The van der Waals surface area contributed by atoms with Crippen molar-refractivity contribution < 1.29 is 9.16 Å². The van der Waals surface area contributed by atoms with E-state index in [9.17, 15) is 0 Å². The second-order valence-electron chi connectivity index (χ2n) is 7.37. The van der Waals surface area contributed by atoms with Crippen LogP contribution in [0, 0.1) is 0 Å². The maximum atomic E-state index is 6.32. The highest BCUT2D eigenvalue weighted by atomic mass is 28.4. The number of ether oxygens (including phenoxy) is 1. The average molecular weight is 330 g/mol. The minimum absolute atomic E-state index is 0.172. The second kappa shape index (κ2) is 6.67. The summed E-state index contributed by atoms with van der Waals surface area (Å²) in [5.74, 6) is 1.69. The molecule has 0 saturated carbocycles. The molecule has 0 bridgehead atoms. The molecule has 3 nitrogen and oxygen atoms in total. The summed E-state index contributed by atoms with van der Waals surface area (Å²) in [6.07, 6.45) is 0. The molecule has 0 radical (unpaired) electrons. The quantitative estimate of drug-likeness (QED) is 0.603. The topological polar surface area (TPSA) is 44.5 Å². The van der Waals surface area contributed by atoms with E-state index in [1.165, 1.54) is 0 Å². The fraction of sp³-hybridized carbons (Fsp3) is 0.368. The van der Waals surface area contributed by atoms with Gasteiger partial charge in [-0.25, -0.2) is 0 Å². The van der Waals surface area contributed by atoms with E-state index in [-0.39, 0.29) is 5.04 Å². The minimum Gasteiger partial charge on any atom is -0.543 e. The molecule has 0 heterocycles. The molecule has 2 aromatic carbocycles. The van der Waals surface area contributed by atoms with Crippen LogP contribution in [0.1, 0.15) is 26.3 Å². The van der Waals surface area contributed by atoms with Crippen molar-refractivity contribution in [2.24, 2.45) is 0 Å². The zero-order valence-corrected chi connectivity index (χ0v) is 15.7. The standard InChI is InChI=1S/C19H27NO2Si/c1-19(2,3)23(4,5)22-18-11-7-10-17(13-18)21-14-15-8-6-9-16(20)12-15/h6-13H,14,20H2,1-5H3. The van der Waals surface area contributed by atoms with E-state index in [2.05, 4.69) is 33.9 Å². The molecular weight excluding hydrogens is 302 g/mol. The minimum atomic E-state index is -1.84. The Labute approximate surface area is 140 Å². The number of nitrogen functional groups attached to an aromatic ring is 1. The summed E-state index contributed by atoms with van der Waals surface area (Å²) < 4.78 is 12.2. The summed E-state index contributed by atoms with van der Waals surface area (Å²) in [5, 5.41) is 0.172. The first kappa shape index (κ1) is 17.4. The molecule has 0 aromatic heterocycles. The van der Waals surface area contributed by atoms with Crippen LogP contribution in [0.2, 0.25) is 18.1 Å². The maximum Gasteiger partial charge on any atom is 0.250 e. The van der Waals surface area contributed by atoms with Crippen LogP contribution in [0.3, 0.4) is 0 Å². The Morgan fingerprint density at radius 1 is 0.957 bits per heavy atom. The molecule has 124 valence electrons. The molecule has 4 heteroatoms. The summed E-state index contributed by atoms with van der Waals surface area (Å²) in [4.78, 5) is 0. The van der Waals surface area contributed by atoms with Crippen molar-refractivity contribution in [1.29, 1.82) is 0 Å². The van der Waals surface area contributed by atoms with Crippen molar-refractivity contribution in [2.75, 3.05) is 5.73 Å². The number of hydrogen-bond donors (Lipinski definition) is 1. The summed E-state index contributed by atoms with van der Waals surface area (Å²) in [7, 11) is -1.84. The van der Waals surface area contributed by atoms with Gasteiger partial charge in [0.15, 0.2) is 0 Å². The molecule has 0 saturated heterocycles. The van der Waals surface area contributed by atoms with Crippen LogP contribution in [-0.2, 0) is 6.61 Å². The van der Waals surface area contributed by atoms with Crippen molar-refractivity contribution in [2.45, 2.75) is 45.5 Å². The summed E-state index contributed by atoms with van der Waals surface area (Å²) in [6, 6.07) is 15.6. The van der Waals surface area contributed by atoms with E-state index in [1.807, 2.05) is 48.5 Å². The number of anilines is 1. The predicted molar refractivity (Wildman–Crippen MR) is 99.5 cm³/mol. The van der Waals surface area contributed by atoms with Crippen molar-refractivity contribution in [3.8, 4) is 11.5 Å². The Balaban J connectivity index is 2.05. The number of benzene rings is 2. The molecule has 23 heavy (non-hydrogen) atoms. The Hall–Kier alpha value is -1.94. The van der Waals surface area contributed by atoms with Gasteiger partial charge in [0.05, 0.1) is 0 Å². The molecule has 0 amide bonds. The third-order valence-electron chi connectivity index (χ3n) is 4.34. The van der Waals surface area contributed by atoms with Crippen molar-refractivity contribution >= 4 is 14.0 Å². The lowest BCUT2D eigenvalue weighted by atomic mass is 10.2. The van der Waals surface area contributed by atoms with Gasteiger partial charge < -0.3 is 14.9 Å². The summed E-state index contributed by atoms with van der Waals surface area (Å²) in [5.41, 5.74) is 7.60. The molecule has 2 N–H and O–H groups in total. The monoisotopic (exact) mass is 329 g/mol. The van der Waals surface area contributed by atoms with Gasteiger partial charge in [-0.2, -0.15) is 0 Å². The van der Waals surface area contributed by atoms with Gasteiger partial charge >= 0.3 is 0 Å². The maximum absolute atomic E-state index is 6.32. The van der Waals surface area contributed by atoms with Crippen LogP contribution >= 0.6 is 0 Å². The van der Waals surface area contributed by atoms with Crippen LogP contribution in [-0.4, -0.2) is 8.32 Å². The molecule has 0 fully saturated rings. The SMILES string of the molecule is CC(C)(C)[Si](C)(C)Oc1cccc(OCc2cccc(N)c2)c1. The lowest BCUT2D eigenvalue weighted by Gasteiger charge is -2.36. The van der Waals surface area contributed by atoms with E-state index in [0.717, 1.165) is 22.7 Å². The number of nitrogens with two attached hydrogens (primary N) is 1. The molecule has 0 spiro atoms. The van der Waals surface area contributed by atoms with Gasteiger partial charge in [0.1, 0.15) is 18.1 Å². The van der Waals surface area contributed by atoms with Crippen LogP contribution in [0.4, 0.5) is 5.69 Å². The van der Waals surface area contributed by atoms with E-state index in [0.29, 0.717) is 6.61 Å². The van der Waals surface area contributed by atoms with Crippen LogP contribution in [0.25, 0.3) is 0 Å². The molecule has 0 aliphatic rings. The van der Waals surface area contributed by atoms with E-state index >= 15 is 0 Å². The zero-order valence-electron chi connectivity index (χ0n) is 14.7. The fourth-order valence-corrected chi connectivity index (χ4v) is 2.95. The number of rotatable bonds is 5. The summed E-state index contributed by atoms with van der Waals surface area (Å²) >= 11 is 0. The lowest BCUT2D eigenvalue weighted by molar-refractivity contribution is 0.305. The largest absolute Gasteiger partial charge is 0.543 e. The van der Waals surface area contributed by atoms with Crippen molar-refractivity contribution in [3.05, 3.63) is 54.1 Å². The second-order valence-corrected chi connectivity index (χ2v) is 12.1. The van der Waals surface area contributed by atoms with E-state index < -0.39 is 8.32 Å². The predicted octanol–water partition coefficient (Wildman–Crippen LogP) is 5.23. The number of hydrogen-bond acceptors (Lipinski definition) is 3. The average Bonchev–Trinajstić information content (AvgIpc) is 2.44. The van der Waals surface area contributed by atoms with Gasteiger partial charge in [-0.1, -0.05) is 39.0 Å². The Kier molecular flexibility index (Phi) is 5.05. The van der Waals surface area contributed by atoms with Crippen LogP contribution < -0.4 is 14.9 Å². The third kappa shape index (κ3) is 4.76. The Bertz CT molecular complexity index is 662.